The van der Waals surface area contributed by atoms with Crippen LogP contribution in [0.4, 0.5) is 5.69 Å². The van der Waals surface area contributed by atoms with Gasteiger partial charge in [0.2, 0.25) is 0 Å². The number of carbonyl (C=O) groups excluding carboxylic acids is 3. The topological polar surface area (TPSA) is 76.2 Å². The number of halogens is 1. The van der Waals surface area contributed by atoms with E-state index in [1.54, 1.807) is 40.3 Å². The SMILES string of the molecule is COC(=O)[C@H]1[C@@H](C(=O)OC)N([C@@H]2C(=O)N(c3ccc(Cl)cc3)[C@@H]2/C=C/c2ccccc2)C=C[C@H]1c1ccccc1. The van der Waals surface area contributed by atoms with Crippen LogP contribution in [-0.4, -0.2) is 55.1 Å². The van der Waals surface area contributed by atoms with Crippen molar-refractivity contribution in [2.45, 2.75) is 24.0 Å². The molecule has 7 nitrogen and oxygen atoms in total. The van der Waals surface area contributed by atoms with Gasteiger partial charge in [0.25, 0.3) is 5.91 Å². The Bertz CT molecular complexity index is 1420. The molecule has 5 rings (SSSR count). The van der Waals surface area contributed by atoms with E-state index in [0.29, 0.717) is 10.7 Å². The molecule has 5 atom stereocenters. The standard InChI is InChI=1S/C32H29ClN2O5/c1-39-31(37)27-25(22-11-7-4-8-12-22)19-20-34(29(27)32(38)40-2)28-26(18-13-21-9-5-3-6-10-21)35(30(28)36)24-16-14-23(33)15-17-24/h3-20,25-29H,1-2H3/b18-13+/t25-,26+,27+,28-,29-/m0/s1. The number of ether oxygens (including phenoxy) is 2. The van der Waals surface area contributed by atoms with Crippen molar-refractivity contribution in [1.82, 2.24) is 4.90 Å². The number of esters is 2. The van der Waals surface area contributed by atoms with E-state index >= 15 is 0 Å². The zero-order valence-corrected chi connectivity index (χ0v) is 22.8. The number of nitrogens with zero attached hydrogens (tertiary/aromatic N) is 2. The number of methoxy groups -OCH3 is 2. The molecule has 40 heavy (non-hydrogen) atoms. The van der Waals surface area contributed by atoms with Gasteiger partial charge in [-0.15, -0.1) is 0 Å². The maximum atomic E-state index is 13.8. The molecule has 204 valence electrons. The number of rotatable bonds is 7. The molecule has 1 fully saturated rings. The molecule has 0 spiro atoms. The van der Waals surface area contributed by atoms with Crippen molar-refractivity contribution in [1.29, 1.82) is 0 Å². The monoisotopic (exact) mass is 556 g/mol. The van der Waals surface area contributed by atoms with Crippen molar-refractivity contribution < 1.29 is 23.9 Å². The van der Waals surface area contributed by atoms with E-state index in [4.69, 9.17) is 21.1 Å². The molecule has 0 radical (unpaired) electrons. The van der Waals surface area contributed by atoms with Crippen LogP contribution in [0.3, 0.4) is 0 Å². The van der Waals surface area contributed by atoms with Crippen LogP contribution in [0, 0.1) is 5.92 Å². The Kier molecular flexibility index (Phi) is 8.03. The van der Waals surface area contributed by atoms with Crippen LogP contribution in [0.25, 0.3) is 6.08 Å². The fourth-order valence-electron chi connectivity index (χ4n) is 5.51. The van der Waals surface area contributed by atoms with Gasteiger partial charge in [-0.3, -0.25) is 9.59 Å². The second-order valence-electron chi connectivity index (χ2n) is 9.63. The van der Waals surface area contributed by atoms with E-state index in [2.05, 4.69) is 0 Å². The summed E-state index contributed by atoms with van der Waals surface area (Å²) in [6.07, 6.45) is 7.48. The number of β-lactam (4-membered cyclic amide) rings is 1. The molecule has 0 unspecified atom stereocenters. The molecule has 3 aromatic rings. The Morgan fingerprint density at radius 1 is 0.850 bits per heavy atom. The van der Waals surface area contributed by atoms with Crippen LogP contribution in [0.5, 0.6) is 0 Å². The normalized spacial score (nSPS) is 24.1. The first-order chi connectivity index (χ1) is 19.4. The average Bonchev–Trinajstić information content (AvgIpc) is 3.00. The van der Waals surface area contributed by atoms with Crippen molar-refractivity contribution >= 4 is 41.2 Å². The molecular weight excluding hydrogens is 528 g/mol. The number of anilines is 1. The molecule has 1 amide bonds. The van der Waals surface area contributed by atoms with E-state index in [0.717, 1.165) is 11.1 Å². The van der Waals surface area contributed by atoms with Crippen molar-refractivity contribution in [3.8, 4) is 0 Å². The lowest BCUT2D eigenvalue weighted by atomic mass is 9.76. The summed E-state index contributed by atoms with van der Waals surface area (Å²) in [5.74, 6) is -2.78. The zero-order valence-electron chi connectivity index (χ0n) is 22.1. The minimum Gasteiger partial charge on any atom is -0.469 e. The molecule has 2 heterocycles. The van der Waals surface area contributed by atoms with E-state index in [1.165, 1.54) is 14.2 Å². The van der Waals surface area contributed by atoms with Crippen LogP contribution >= 0.6 is 11.6 Å². The quantitative estimate of drug-likeness (QED) is 0.298. The summed E-state index contributed by atoms with van der Waals surface area (Å²) < 4.78 is 10.4. The molecule has 0 aromatic heterocycles. The Morgan fingerprint density at radius 3 is 2.10 bits per heavy atom. The van der Waals surface area contributed by atoms with Crippen LogP contribution in [-0.2, 0) is 23.9 Å². The fraction of sp³-hybridized carbons (Fsp3) is 0.219. The van der Waals surface area contributed by atoms with Crippen LogP contribution in [0.1, 0.15) is 17.0 Å². The summed E-state index contributed by atoms with van der Waals surface area (Å²) in [5, 5.41) is 0.558. The predicted octanol–water partition coefficient (Wildman–Crippen LogP) is 5.08. The molecule has 0 aliphatic carbocycles. The van der Waals surface area contributed by atoms with Gasteiger partial charge < -0.3 is 19.3 Å². The molecule has 2 aliphatic heterocycles. The summed E-state index contributed by atoms with van der Waals surface area (Å²) in [4.78, 5) is 43.7. The molecule has 0 saturated carbocycles. The van der Waals surface area contributed by atoms with Gasteiger partial charge in [-0.25, -0.2) is 4.79 Å². The van der Waals surface area contributed by atoms with Crippen molar-refractivity contribution in [2.24, 2.45) is 5.92 Å². The first-order valence-electron chi connectivity index (χ1n) is 12.9. The Labute approximate surface area is 238 Å². The van der Waals surface area contributed by atoms with Gasteiger partial charge >= 0.3 is 11.9 Å². The largest absolute Gasteiger partial charge is 0.469 e. The highest BCUT2D eigenvalue weighted by molar-refractivity contribution is 6.30. The Morgan fingerprint density at radius 2 is 1.48 bits per heavy atom. The number of benzene rings is 3. The van der Waals surface area contributed by atoms with Gasteiger partial charge in [-0.2, -0.15) is 0 Å². The number of amides is 1. The highest BCUT2D eigenvalue weighted by Gasteiger charge is 2.56. The third kappa shape index (κ3) is 5.12. The Balaban J connectivity index is 1.58. The first-order valence-corrected chi connectivity index (χ1v) is 13.3. The first kappa shape index (κ1) is 27.2. The zero-order chi connectivity index (χ0) is 28.2. The van der Waals surface area contributed by atoms with Crippen molar-refractivity contribution in [3.63, 3.8) is 0 Å². The maximum Gasteiger partial charge on any atom is 0.329 e. The van der Waals surface area contributed by atoms with E-state index < -0.39 is 41.9 Å². The smallest absolute Gasteiger partial charge is 0.329 e. The second-order valence-corrected chi connectivity index (χ2v) is 10.1. The van der Waals surface area contributed by atoms with E-state index in [1.807, 2.05) is 78.9 Å². The van der Waals surface area contributed by atoms with Gasteiger partial charge in [-0.1, -0.05) is 90.5 Å². The molecule has 0 N–H and O–H groups in total. The van der Waals surface area contributed by atoms with E-state index in [9.17, 15) is 14.4 Å². The van der Waals surface area contributed by atoms with Gasteiger partial charge in [-0.05, 0) is 41.6 Å². The molecule has 8 heteroatoms. The molecule has 3 aromatic carbocycles. The molecular formula is C32H29ClN2O5. The minimum absolute atomic E-state index is 0.217. The second kappa shape index (κ2) is 11.8. The summed E-state index contributed by atoms with van der Waals surface area (Å²) in [5.41, 5.74) is 2.49. The lowest BCUT2D eigenvalue weighted by molar-refractivity contribution is -0.162. The molecule has 0 bridgehead atoms. The third-order valence-electron chi connectivity index (χ3n) is 7.44. The van der Waals surface area contributed by atoms with Gasteiger partial charge in [0.1, 0.15) is 12.1 Å². The summed E-state index contributed by atoms with van der Waals surface area (Å²) >= 11 is 6.11. The highest BCUT2D eigenvalue weighted by atomic mass is 35.5. The third-order valence-corrected chi connectivity index (χ3v) is 7.69. The number of allylic oxidation sites excluding steroid dienone is 1. The van der Waals surface area contributed by atoms with Crippen molar-refractivity contribution in [2.75, 3.05) is 19.1 Å². The fourth-order valence-corrected chi connectivity index (χ4v) is 5.64. The average molecular weight is 557 g/mol. The summed E-state index contributed by atoms with van der Waals surface area (Å²) in [7, 11) is 2.57. The lowest BCUT2D eigenvalue weighted by Crippen LogP contribution is -2.73. The van der Waals surface area contributed by atoms with Crippen LogP contribution < -0.4 is 4.90 Å². The maximum absolute atomic E-state index is 13.8. The van der Waals surface area contributed by atoms with Gasteiger partial charge in [0, 0.05) is 16.6 Å². The number of hydrogen-bond acceptors (Lipinski definition) is 6. The summed E-state index contributed by atoms with van der Waals surface area (Å²) in [6.45, 7) is 0. The van der Waals surface area contributed by atoms with Crippen LogP contribution in [0.2, 0.25) is 5.02 Å². The lowest BCUT2D eigenvalue weighted by Gasteiger charge is -2.53. The molecule has 2 aliphatic rings. The minimum atomic E-state index is -1.08. The number of carbonyl (C=O) groups is 3. The summed E-state index contributed by atoms with van der Waals surface area (Å²) in [6, 6.07) is 23.9. The van der Waals surface area contributed by atoms with Crippen LogP contribution in [0.15, 0.2) is 103 Å². The van der Waals surface area contributed by atoms with Crippen molar-refractivity contribution in [3.05, 3.63) is 119 Å². The predicted molar refractivity (Wildman–Crippen MR) is 153 cm³/mol. The Hall–Kier alpha value is -4.36. The highest BCUT2D eigenvalue weighted by Crippen LogP contribution is 2.41. The molecule has 1 saturated heterocycles. The van der Waals surface area contributed by atoms with E-state index in [-0.39, 0.29) is 5.91 Å². The van der Waals surface area contributed by atoms with Gasteiger partial charge in [0.15, 0.2) is 0 Å². The van der Waals surface area contributed by atoms with Gasteiger partial charge in [0.05, 0.1) is 26.2 Å². The number of hydrogen-bond donors (Lipinski definition) is 0.